The van der Waals surface area contributed by atoms with Crippen molar-refractivity contribution in [1.29, 1.82) is 0 Å². The monoisotopic (exact) mass is 285 g/mol. The maximum absolute atomic E-state index is 13.6. The number of aromatic nitrogens is 1. The number of aliphatic hydroxyl groups excluding tert-OH is 1. The summed E-state index contributed by atoms with van der Waals surface area (Å²) in [7, 11) is 0. The summed E-state index contributed by atoms with van der Waals surface area (Å²) in [6.45, 7) is 3.89. The molecular weight excluding hydrogens is 273 g/mol. The lowest BCUT2D eigenvalue weighted by molar-refractivity contribution is 0.173. The minimum atomic E-state index is -0.969. The van der Waals surface area contributed by atoms with Gasteiger partial charge in [-0.25, -0.2) is 9.37 Å². The Morgan fingerprint density at radius 1 is 1.44 bits per heavy atom. The Morgan fingerprint density at radius 3 is 2.72 bits per heavy atom. The van der Waals surface area contributed by atoms with Crippen molar-refractivity contribution in [3.63, 3.8) is 0 Å². The third-order valence-electron chi connectivity index (χ3n) is 2.77. The van der Waals surface area contributed by atoms with Gasteiger partial charge in [0.25, 0.3) is 0 Å². The third kappa shape index (κ3) is 2.71. The highest BCUT2D eigenvalue weighted by molar-refractivity contribution is 7.11. The van der Waals surface area contributed by atoms with E-state index in [9.17, 15) is 9.50 Å². The fourth-order valence-electron chi connectivity index (χ4n) is 1.72. The van der Waals surface area contributed by atoms with Gasteiger partial charge in [0.15, 0.2) is 0 Å². The lowest BCUT2D eigenvalue weighted by Gasteiger charge is -2.12. The molecule has 0 aliphatic carbocycles. The van der Waals surface area contributed by atoms with Crippen LogP contribution >= 0.6 is 22.9 Å². The molecule has 2 aromatic rings. The number of hydrogen-bond donors (Lipinski definition) is 1. The molecule has 0 amide bonds. The van der Waals surface area contributed by atoms with E-state index in [2.05, 4.69) is 4.98 Å². The minimum absolute atomic E-state index is 0.143. The van der Waals surface area contributed by atoms with Crippen LogP contribution < -0.4 is 0 Å². The molecule has 1 atom stereocenters. The fraction of sp³-hybridized carbons (Fsp3) is 0.308. The van der Waals surface area contributed by atoms with Gasteiger partial charge in [0, 0.05) is 21.9 Å². The smallest absolute Gasteiger partial charge is 0.130 e. The van der Waals surface area contributed by atoms with Crippen LogP contribution in [0.5, 0.6) is 0 Å². The molecule has 1 aromatic heterocycles. The minimum Gasteiger partial charge on any atom is -0.388 e. The molecule has 96 valence electrons. The maximum Gasteiger partial charge on any atom is 0.130 e. The van der Waals surface area contributed by atoms with E-state index < -0.39 is 11.9 Å². The van der Waals surface area contributed by atoms with Gasteiger partial charge in [0.2, 0.25) is 0 Å². The molecule has 18 heavy (non-hydrogen) atoms. The molecule has 5 heteroatoms. The van der Waals surface area contributed by atoms with Crippen molar-refractivity contribution >= 4 is 22.9 Å². The van der Waals surface area contributed by atoms with Crippen LogP contribution in [0, 0.1) is 19.7 Å². The lowest BCUT2D eigenvalue weighted by atomic mass is 10.1. The molecule has 1 aromatic carbocycles. The molecule has 1 heterocycles. The number of halogens is 2. The van der Waals surface area contributed by atoms with Gasteiger partial charge in [-0.1, -0.05) is 17.7 Å². The summed E-state index contributed by atoms with van der Waals surface area (Å²) < 4.78 is 13.6. The molecule has 1 N–H and O–H groups in total. The molecule has 0 radical (unpaired) electrons. The molecule has 2 nitrogen and oxygen atoms in total. The van der Waals surface area contributed by atoms with Gasteiger partial charge in [-0.05, 0) is 26.0 Å². The molecule has 0 fully saturated rings. The van der Waals surface area contributed by atoms with E-state index in [0.717, 1.165) is 15.6 Å². The Bertz CT molecular complexity index is 530. The zero-order valence-electron chi connectivity index (χ0n) is 10.1. The number of hydrogen-bond acceptors (Lipinski definition) is 3. The van der Waals surface area contributed by atoms with Gasteiger partial charge in [-0.15, -0.1) is 11.3 Å². The normalized spacial score (nSPS) is 12.7. The topological polar surface area (TPSA) is 33.1 Å². The van der Waals surface area contributed by atoms with Crippen molar-refractivity contribution in [2.75, 3.05) is 0 Å². The van der Waals surface area contributed by atoms with E-state index >= 15 is 0 Å². The molecule has 2 rings (SSSR count). The van der Waals surface area contributed by atoms with E-state index in [1.54, 1.807) is 6.07 Å². The first-order valence-corrected chi connectivity index (χ1v) is 6.73. The predicted molar refractivity (Wildman–Crippen MR) is 71.7 cm³/mol. The quantitative estimate of drug-likeness (QED) is 0.930. The lowest BCUT2D eigenvalue weighted by Crippen LogP contribution is -2.05. The number of benzene rings is 1. The van der Waals surface area contributed by atoms with Crippen LogP contribution in [0.2, 0.25) is 5.02 Å². The molecule has 0 saturated carbocycles. The largest absolute Gasteiger partial charge is 0.388 e. The van der Waals surface area contributed by atoms with E-state index in [1.807, 2.05) is 13.8 Å². The summed E-state index contributed by atoms with van der Waals surface area (Å²) in [5, 5.41) is 11.1. The Labute approximate surface area is 114 Å². The van der Waals surface area contributed by atoms with Crippen molar-refractivity contribution in [1.82, 2.24) is 4.98 Å². The first-order valence-electron chi connectivity index (χ1n) is 5.54. The van der Waals surface area contributed by atoms with Gasteiger partial charge in [-0.3, -0.25) is 0 Å². The van der Waals surface area contributed by atoms with Gasteiger partial charge in [-0.2, -0.15) is 0 Å². The SMILES string of the molecule is Cc1nc(CC(O)c2c(F)cccc2Cl)sc1C. The van der Waals surface area contributed by atoms with Crippen LogP contribution in [0.25, 0.3) is 0 Å². The maximum atomic E-state index is 13.6. The number of aliphatic hydroxyl groups is 1. The Morgan fingerprint density at radius 2 is 2.17 bits per heavy atom. The number of nitrogens with zero attached hydrogens (tertiary/aromatic N) is 1. The van der Waals surface area contributed by atoms with Crippen molar-refractivity contribution in [2.24, 2.45) is 0 Å². The van der Waals surface area contributed by atoms with E-state index in [4.69, 9.17) is 11.6 Å². The molecule has 0 bridgehead atoms. The highest BCUT2D eigenvalue weighted by Crippen LogP contribution is 2.29. The summed E-state index contributed by atoms with van der Waals surface area (Å²) in [6, 6.07) is 4.38. The molecule has 0 spiro atoms. The number of thiazole rings is 1. The third-order valence-corrected chi connectivity index (χ3v) is 4.20. The average Bonchev–Trinajstić information content (AvgIpc) is 2.57. The highest BCUT2D eigenvalue weighted by Gasteiger charge is 2.18. The van der Waals surface area contributed by atoms with Gasteiger partial charge < -0.3 is 5.11 Å². The highest BCUT2D eigenvalue weighted by atomic mass is 35.5. The summed E-state index contributed by atoms with van der Waals surface area (Å²) in [5.74, 6) is -0.486. The predicted octanol–water partition coefficient (Wildman–Crippen LogP) is 3.83. The fourth-order valence-corrected chi connectivity index (χ4v) is 2.98. The van der Waals surface area contributed by atoms with Crippen LogP contribution in [-0.4, -0.2) is 10.1 Å². The first-order chi connectivity index (χ1) is 8.49. The summed E-state index contributed by atoms with van der Waals surface area (Å²) in [6.07, 6.45) is -0.691. The van der Waals surface area contributed by atoms with Crippen molar-refractivity contribution < 1.29 is 9.50 Å². The van der Waals surface area contributed by atoms with Gasteiger partial charge >= 0.3 is 0 Å². The van der Waals surface area contributed by atoms with E-state index in [-0.39, 0.29) is 17.0 Å². The van der Waals surface area contributed by atoms with Crippen LogP contribution in [0.4, 0.5) is 4.39 Å². The van der Waals surface area contributed by atoms with Crippen LogP contribution in [0.1, 0.15) is 27.2 Å². The second-order valence-electron chi connectivity index (χ2n) is 4.10. The van der Waals surface area contributed by atoms with Crippen molar-refractivity contribution in [3.8, 4) is 0 Å². The van der Waals surface area contributed by atoms with Gasteiger partial charge in [0.05, 0.1) is 16.8 Å². The summed E-state index contributed by atoms with van der Waals surface area (Å²) >= 11 is 7.42. The Hall–Kier alpha value is -0.970. The van der Waals surface area contributed by atoms with E-state index in [1.165, 1.54) is 23.5 Å². The second-order valence-corrected chi connectivity index (χ2v) is 5.80. The number of rotatable bonds is 3. The number of aryl methyl sites for hydroxylation is 2. The Kier molecular flexibility index (Phi) is 4.00. The Balaban J connectivity index is 2.24. The van der Waals surface area contributed by atoms with E-state index in [0.29, 0.717) is 0 Å². The molecular formula is C13H13ClFNOS. The zero-order chi connectivity index (χ0) is 13.3. The molecule has 0 aliphatic heterocycles. The van der Waals surface area contributed by atoms with Crippen molar-refractivity contribution in [3.05, 3.63) is 50.2 Å². The first kappa shape index (κ1) is 13.5. The summed E-state index contributed by atoms with van der Waals surface area (Å²) in [4.78, 5) is 5.44. The van der Waals surface area contributed by atoms with Crippen LogP contribution in [0.15, 0.2) is 18.2 Å². The van der Waals surface area contributed by atoms with Gasteiger partial charge in [0.1, 0.15) is 5.82 Å². The average molecular weight is 286 g/mol. The second kappa shape index (κ2) is 5.34. The standard InChI is InChI=1S/C13H13ClFNOS/c1-7-8(2)18-12(16-7)6-11(17)13-9(14)4-3-5-10(13)15/h3-5,11,17H,6H2,1-2H3. The van der Waals surface area contributed by atoms with Crippen LogP contribution in [0.3, 0.4) is 0 Å². The van der Waals surface area contributed by atoms with Crippen LogP contribution in [-0.2, 0) is 6.42 Å². The molecule has 1 unspecified atom stereocenters. The molecule has 0 aliphatic rings. The molecule has 0 saturated heterocycles. The van der Waals surface area contributed by atoms with Crippen molar-refractivity contribution in [2.45, 2.75) is 26.4 Å². The zero-order valence-corrected chi connectivity index (χ0v) is 11.6. The summed E-state index contributed by atoms with van der Waals surface area (Å²) in [5.41, 5.74) is 1.09.